The third-order valence-electron chi connectivity index (χ3n) is 5.10. The smallest absolute Gasteiger partial charge is 0.263 e. The minimum atomic E-state index is -0.163. The van der Waals surface area contributed by atoms with Crippen LogP contribution in [-0.4, -0.2) is 40.1 Å². The molecule has 1 amide bonds. The highest BCUT2D eigenvalue weighted by molar-refractivity contribution is 7.22. The summed E-state index contributed by atoms with van der Waals surface area (Å²) >= 11 is 1.51. The van der Waals surface area contributed by atoms with Gasteiger partial charge in [-0.3, -0.25) is 9.69 Å². The van der Waals surface area contributed by atoms with Crippen LogP contribution in [0.1, 0.15) is 23.2 Å². The maximum absolute atomic E-state index is 13.4. The van der Waals surface area contributed by atoms with E-state index < -0.39 is 0 Å². The van der Waals surface area contributed by atoms with Crippen LogP contribution in [0.25, 0.3) is 21.6 Å². The zero-order chi connectivity index (χ0) is 20.3. The van der Waals surface area contributed by atoms with Gasteiger partial charge in [0.25, 0.3) is 5.91 Å². The van der Waals surface area contributed by atoms with Crippen molar-refractivity contribution in [2.45, 2.75) is 18.9 Å². The number of para-hydroxylation sites is 1. The normalized spacial score (nSPS) is 16.1. The van der Waals surface area contributed by atoms with Crippen LogP contribution in [0, 0.1) is 0 Å². The van der Waals surface area contributed by atoms with Crippen LogP contribution in [0.4, 0.5) is 5.13 Å². The summed E-state index contributed by atoms with van der Waals surface area (Å²) in [6.45, 7) is 1.21. The number of amides is 1. The van der Waals surface area contributed by atoms with E-state index in [2.05, 4.69) is 9.97 Å². The lowest BCUT2D eigenvalue weighted by Crippen LogP contribution is -2.37. The van der Waals surface area contributed by atoms with Gasteiger partial charge in [-0.05, 0) is 25.0 Å². The summed E-state index contributed by atoms with van der Waals surface area (Å²) < 4.78 is 6.84. The molecular formula is C23H20N4O2S. The summed E-state index contributed by atoms with van der Waals surface area (Å²) in [6, 6.07) is 17.6. The molecule has 4 aromatic rings. The van der Waals surface area contributed by atoms with E-state index in [1.807, 2.05) is 54.6 Å². The molecule has 7 heteroatoms. The molecule has 0 spiro atoms. The molecule has 2 aromatic heterocycles. The first kappa shape index (κ1) is 18.8. The van der Waals surface area contributed by atoms with Crippen LogP contribution in [0.5, 0.6) is 0 Å². The number of nitrogens with zero attached hydrogens (tertiary/aromatic N) is 4. The Bertz CT molecular complexity index is 1120. The topological polar surface area (TPSA) is 68.2 Å². The molecule has 1 saturated heterocycles. The zero-order valence-corrected chi connectivity index (χ0v) is 17.1. The second-order valence-corrected chi connectivity index (χ2v) is 8.19. The summed E-state index contributed by atoms with van der Waals surface area (Å²) in [5.74, 6) is 0.432. The predicted octanol–water partition coefficient (Wildman–Crippen LogP) is 4.58. The Kier molecular flexibility index (Phi) is 5.21. The van der Waals surface area contributed by atoms with Gasteiger partial charge in [0.1, 0.15) is 0 Å². The summed E-state index contributed by atoms with van der Waals surface area (Å²) in [7, 11) is 0. The zero-order valence-electron chi connectivity index (χ0n) is 16.3. The molecule has 150 valence electrons. The van der Waals surface area contributed by atoms with Crippen molar-refractivity contribution in [1.29, 1.82) is 0 Å². The molecule has 1 aliphatic heterocycles. The number of benzene rings is 2. The van der Waals surface area contributed by atoms with Gasteiger partial charge in [-0.25, -0.2) is 15.0 Å². The molecule has 5 rings (SSSR count). The lowest BCUT2D eigenvalue weighted by atomic mass is 10.2. The van der Waals surface area contributed by atoms with Crippen molar-refractivity contribution >= 4 is 32.6 Å². The molecule has 0 N–H and O–H groups in total. The summed E-state index contributed by atoms with van der Waals surface area (Å²) in [5, 5.41) is 0.670. The summed E-state index contributed by atoms with van der Waals surface area (Å²) in [5.41, 5.74) is 2.24. The van der Waals surface area contributed by atoms with E-state index in [4.69, 9.17) is 9.72 Å². The molecule has 1 unspecified atom stereocenters. The molecule has 0 bridgehead atoms. The van der Waals surface area contributed by atoms with Gasteiger partial charge in [0, 0.05) is 24.6 Å². The number of fused-ring (bicyclic) bond motifs is 1. The maximum Gasteiger partial charge on any atom is 0.263 e. The van der Waals surface area contributed by atoms with Gasteiger partial charge in [-0.1, -0.05) is 53.8 Å². The number of thiazole rings is 1. The Morgan fingerprint density at radius 1 is 1.07 bits per heavy atom. The Balaban J connectivity index is 1.46. The molecule has 1 fully saturated rings. The number of carbonyl (C=O) groups excluding carboxylic acids is 1. The van der Waals surface area contributed by atoms with Crippen LogP contribution in [0.3, 0.4) is 0 Å². The highest BCUT2D eigenvalue weighted by atomic mass is 32.1. The predicted molar refractivity (Wildman–Crippen MR) is 118 cm³/mol. The molecule has 6 nitrogen and oxygen atoms in total. The average molecular weight is 417 g/mol. The SMILES string of the molecule is O=C(c1cnc(-c2ccccc2)nc1)N(CC1CCCO1)c1nc2ccccc2s1. The molecular weight excluding hydrogens is 396 g/mol. The second kappa shape index (κ2) is 8.30. The van der Waals surface area contributed by atoms with Gasteiger partial charge < -0.3 is 4.74 Å². The summed E-state index contributed by atoms with van der Waals surface area (Å²) in [6.07, 6.45) is 5.16. The van der Waals surface area contributed by atoms with E-state index >= 15 is 0 Å². The number of anilines is 1. The average Bonchev–Trinajstić information content (AvgIpc) is 3.47. The first-order valence-electron chi connectivity index (χ1n) is 9.94. The number of aromatic nitrogens is 3. The van der Waals surface area contributed by atoms with Crippen molar-refractivity contribution in [3.05, 3.63) is 72.6 Å². The quantitative estimate of drug-likeness (QED) is 0.476. The van der Waals surface area contributed by atoms with E-state index in [-0.39, 0.29) is 12.0 Å². The van der Waals surface area contributed by atoms with E-state index in [9.17, 15) is 4.79 Å². The number of hydrogen-bond acceptors (Lipinski definition) is 6. The lowest BCUT2D eigenvalue weighted by Gasteiger charge is -2.23. The number of rotatable bonds is 5. The van der Waals surface area contributed by atoms with Crippen LogP contribution in [0.2, 0.25) is 0 Å². The van der Waals surface area contributed by atoms with E-state index in [1.54, 1.807) is 17.3 Å². The van der Waals surface area contributed by atoms with Crippen molar-refractivity contribution < 1.29 is 9.53 Å². The first-order valence-corrected chi connectivity index (χ1v) is 10.8. The fourth-order valence-electron chi connectivity index (χ4n) is 3.55. The number of hydrogen-bond donors (Lipinski definition) is 0. The molecule has 1 aliphatic rings. The molecule has 1 atom stereocenters. The van der Waals surface area contributed by atoms with Gasteiger partial charge in [-0.2, -0.15) is 0 Å². The fraction of sp³-hybridized carbons (Fsp3) is 0.217. The minimum absolute atomic E-state index is 0.0190. The van der Waals surface area contributed by atoms with Crippen molar-refractivity contribution in [1.82, 2.24) is 15.0 Å². The third-order valence-corrected chi connectivity index (χ3v) is 6.16. The molecule has 0 saturated carbocycles. The Hall–Kier alpha value is -3.16. The Morgan fingerprint density at radius 3 is 2.57 bits per heavy atom. The Morgan fingerprint density at radius 2 is 1.83 bits per heavy atom. The first-order chi connectivity index (χ1) is 14.8. The van der Waals surface area contributed by atoms with Crippen LogP contribution in [-0.2, 0) is 4.74 Å². The third kappa shape index (κ3) is 3.81. The molecule has 2 aromatic carbocycles. The van der Waals surface area contributed by atoms with Gasteiger partial charge in [-0.15, -0.1) is 0 Å². The van der Waals surface area contributed by atoms with Crippen LogP contribution >= 0.6 is 11.3 Å². The van der Waals surface area contributed by atoms with Gasteiger partial charge in [0.15, 0.2) is 11.0 Å². The Labute approximate surface area is 178 Å². The van der Waals surface area contributed by atoms with Crippen molar-refractivity contribution in [2.75, 3.05) is 18.1 Å². The van der Waals surface area contributed by atoms with E-state index in [0.29, 0.717) is 23.1 Å². The van der Waals surface area contributed by atoms with Crippen molar-refractivity contribution in [3.63, 3.8) is 0 Å². The molecule has 3 heterocycles. The van der Waals surface area contributed by atoms with E-state index in [1.165, 1.54) is 11.3 Å². The molecule has 30 heavy (non-hydrogen) atoms. The minimum Gasteiger partial charge on any atom is -0.376 e. The standard InChI is InChI=1S/C23H20N4O2S/c28-22(17-13-24-21(25-14-17)16-7-2-1-3-8-16)27(15-18-9-6-12-29-18)23-26-19-10-4-5-11-20(19)30-23/h1-5,7-8,10-11,13-14,18H,6,9,12,15H2. The maximum atomic E-state index is 13.4. The highest BCUT2D eigenvalue weighted by Crippen LogP contribution is 2.30. The largest absolute Gasteiger partial charge is 0.376 e. The van der Waals surface area contributed by atoms with Crippen molar-refractivity contribution in [3.8, 4) is 11.4 Å². The number of carbonyl (C=O) groups is 1. The number of ether oxygens (including phenoxy) is 1. The lowest BCUT2D eigenvalue weighted by molar-refractivity contribution is 0.0917. The monoisotopic (exact) mass is 416 g/mol. The van der Waals surface area contributed by atoms with Gasteiger partial charge >= 0.3 is 0 Å². The second-order valence-electron chi connectivity index (χ2n) is 7.18. The molecule has 0 radical (unpaired) electrons. The fourth-order valence-corrected chi connectivity index (χ4v) is 4.52. The highest BCUT2D eigenvalue weighted by Gasteiger charge is 2.27. The van der Waals surface area contributed by atoms with E-state index in [0.717, 1.165) is 35.2 Å². The van der Waals surface area contributed by atoms with Gasteiger partial charge in [0.05, 0.1) is 28.4 Å². The van der Waals surface area contributed by atoms with Crippen LogP contribution in [0.15, 0.2) is 67.0 Å². The van der Waals surface area contributed by atoms with Crippen LogP contribution < -0.4 is 4.90 Å². The summed E-state index contributed by atoms with van der Waals surface area (Å²) in [4.78, 5) is 28.6. The molecule has 0 aliphatic carbocycles. The van der Waals surface area contributed by atoms with Crippen molar-refractivity contribution in [2.24, 2.45) is 0 Å². The van der Waals surface area contributed by atoms with Gasteiger partial charge in [0.2, 0.25) is 0 Å².